The van der Waals surface area contributed by atoms with Crippen LogP contribution >= 0.6 is 15.9 Å². The summed E-state index contributed by atoms with van der Waals surface area (Å²) in [6, 6.07) is 11.8. The minimum absolute atomic E-state index is 0.182. The van der Waals surface area contributed by atoms with Crippen molar-refractivity contribution in [2.24, 2.45) is 0 Å². The number of aryl methyl sites for hydroxylation is 2. The zero-order chi connectivity index (χ0) is 20.0. The molecule has 2 rings (SSSR count). The molecule has 27 heavy (non-hydrogen) atoms. The van der Waals surface area contributed by atoms with Gasteiger partial charge in [-0.2, -0.15) is 0 Å². The molecule has 0 bridgehead atoms. The minimum Gasteiger partial charge on any atom is -0.345 e. The van der Waals surface area contributed by atoms with Crippen molar-refractivity contribution in [3.8, 4) is 0 Å². The van der Waals surface area contributed by atoms with Crippen LogP contribution in [-0.2, 0) is 9.59 Å². The maximum absolute atomic E-state index is 12.2. The Bertz CT molecular complexity index is 867. The molecule has 142 valence electrons. The van der Waals surface area contributed by atoms with Gasteiger partial charge < -0.3 is 16.0 Å². The first-order valence-electron chi connectivity index (χ1n) is 8.47. The van der Waals surface area contributed by atoms with E-state index in [0.29, 0.717) is 11.3 Å². The Balaban J connectivity index is 1.82. The lowest BCUT2D eigenvalue weighted by atomic mass is 10.1. The average molecular weight is 432 g/mol. The van der Waals surface area contributed by atoms with E-state index in [9.17, 15) is 14.4 Å². The second kappa shape index (κ2) is 9.32. The number of hydrogen-bond donors (Lipinski definition) is 3. The van der Waals surface area contributed by atoms with Crippen molar-refractivity contribution in [1.29, 1.82) is 0 Å². The third-order valence-corrected chi connectivity index (χ3v) is 4.78. The molecule has 6 nitrogen and oxygen atoms in total. The number of rotatable bonds is 6. The number of carbonyl (C=O) groups excluding carboxylic acids is 3. The van der Waals surface area contributed by atoms with Gasteiger partial charge in [0, 0.05) is 15.7 Å². The monoisotopic (exact) mass is 431 g/mol. The standard InChI is InChI=1S/C20H22BrN3O3/c1-12-5-4-6-15(9-12)20(27)23-14(3)19(26)22-11-18(25)24-16-7-8-17(21)13(2)10-16/h4-10,14H,11H2,1-3H3,(H,22,26)(H,23,27)(H,24,25). The largest absolute Gasteiger partial charge is 0.345 e. The van der Waals surface area contributed by atoms with Gasteiger partial charge in [0.1, 0.15) is 6.04 Å². The molecule has 2 aromatic carbocycles. The van der Waals surface area contributed by atoms with Crippen molar-refractivity contribution in [2.45, 2.75) is 26.8 Å². The van der Waals surface area contributed by atoms with Crippen LogP contribution in [0.25, 0.3) is 0 Å². The summed E-state index contributed by atoms with van der Waals surface area (Å²) in [6.07, 6.45) is 0. The summed E-state index contributed by atoms with van der Waals surface area (Å²) in [5, 5.41) is 7.86. The van der Waals surface area contributed by atoms with E-state index in [0.717, 1.165) is 15.6 Å². The second-order valence-electron chi connectivity index (χ2n) is 6.29. The molecule has 0 spiro atoms. The SMILES string of the molecule is Cc1cccc(C(=O)NC(C)C(=O)NCC(=O)Nc2ccc(Br)c(C)c2)c1. The van der Waals surface area contributed by atoms with Gasteiger partial charge in [-0.25, -0.2) is 0 Å². The highest BCUT2D eigenvalue weighted by Gasteiger charge is 2.17. The van der Waals surface area contributed by atoms with Gasteiger partial charge in [-0.05, 0) is 56.7 Å². The quantitative estimate of drug-likeness (QED) is 0.656. The van der Waals surface area contributed by atoms with Crippen LogP contribution in [-0.4, -0.2) is 30.3 Å². The Morgan fingerprint density at radius 2 is 1.81 bits per heavy atom. The van der Waals surface area contributed by atoms with Gasteiger partial charge in [0.15, 0.2) is 0 Å². The lowest BCUT2D eigenvalue weighted by Crippen LogP contribution is -2.46. The fourth-order valence-corrected chi connectivity index (χ4v) is 2.63. The number of amides is 3. The third-order valence-electron chi connectivity index (χ3n) is 3.89. The number of halogens is 1. The molecule has 0 fully saturated rings. The van der Waals surface area contributed by atoms with Gasteiger partial charge in [0.25, 0.3) is 5.91 Å². The Labute approximate surface area is 166 Å². The molecule has 0 saturated carbocycles. The van der Waals surface area contributed by atoms with Crippen molar-refractivity contribution in [3.05, 3.63) is 63.6 Å². The maximum Gasteiger partial charge on any atom is 0.251 e. The zero-order valence-electron chi connectivity index (χ0n) is 15.4. The summed E-state index contributed by atoms with van der Waals surface area (Å²) < 4.78 is 0.951. The molecule has 0 aliphatic rings. The molecule has 0 heterocycles. The van der Waals surface area contributed by atoms with Crippen molar-refractivity contribution in [2.75, 3.05) is 11.9 Å². The van der Waals surface area contributed by atoms with E-state index in [-0.39, 0.29) is 18.4 Å². The number of carbonyl (C=O) groups is 3. The highest BCUT2D eigenvalue weighted by molar-refractivity contribution is 9.10. The number of nitrogens with one attached hydrogen (secondary N) is 3. The first kappa shape index (κ1) is 20.6. The molecular weight excluding hydrogens is 410 g/mol. The van der Waals surface area contributed by atoms with Crippen LogP contribution in [0.15, 0.2) is 46.9 Å². The number of benzene rings is 2. The van der Waals surface area contributed by atoms with Crippen LogP contribution in [0, 0.1) is 13.8 Å². The zero-order valence-corrected chi connectivity index (χ0v) is 17.0. The summed E-state index contributed by atoms with van der Waals surface area (Å²) in [7, 11) is 0. The van der Waals surface area contributed by atoms with Crippen LogP contribution < -0.4 is 16.0 Å². The van der Waals surface area contributed by atoms with Crippen molar-refractivity contribution in [3.63, 3.8) is 0 Å². The van der Waals surface area contributed by atoms with Crippen LogP contribution in [0.2, 0.25) is 0 Å². The lowest BCUT2D eigenvalue weighted by Gasteiger charge is -2.14. The van der Waals surface area contributed by atoms with Crippen LogP contribution in [0.3, 0.4) is 0 Å². The summed E-state index contributed by atoms with van der Waals surface area (Å²) in [4.78, 5) is 36.3. The molecule has 3 amide bonds. The molecule has 1 atom stereocenters. The van der Waals surface area contributed by atoms with E-state index >= 15 is 0 Å². The average Bonchev–Trinajstić information content (AvgIpc) is 2.62. The molecule has 2 aromatic rings. The number of anilines is 1. The Hall–Kier alpha value is -2.67. The van der Waals surface area contributed by atoms with E-state index in [4.69, 9.17) is 0 Å². The fraction of sp³-hybridized carbons (Fsp3) is 0.250. The topological polar surface area (TPSA) is 87.3 Å². The summed E-state index contributed by atoms with van der Waals surface area (Å²) >= 11 is 3.40. The molecule has 3 N–H and O–H groups in total. The first-order valence-corrected chi connectivity index (χ1v) is 9.27. The molecule has 0 saturated heterocycles. The summed E-state index contributed by atoms with van der Waals surface area (Å²) in [5.41, 5.74) is 3.08. The molecule has 7 heteroatoms. The molecule has 0 radical (unpaired) electrons. The highest BCUT2D eigenvalue weighted by Crippen LogP contribution is 2.19. The van der Waals surface area contributed by atoms with Crippen molar-refractivity contribution in [1.82, 2.24) is 10.6 Å². The van der Waals surface area contributed by atoms with Crippen LogP contribution in [0.1, 0.15) is 28.4 Å². The van der Waals surface area contributed by atoms with Crippen molar-refractivity contribution < 1.29 is 14.4 Å². The molecule has 0 aliphatic heterocycles. The first-order chi connectivity index (χ1) is 12.8. The second-order valence-corrected chi connectivity index (χ2v) is 7.15. The van der Waals surface area contributed by atoms with Gasteiger partial charge in [-0.15, -0.1) is 0 Å². The van der Waals surface area contributed by atoms with E-state index in [1.54, 1.807) is 31.2 Å². The van der Waals surface area contributed by atoms with E-state index < -0.39 is 11.9 Å². The molecule has 0 aromatic heterocycles. The Morgan fingerprint density at radius 3 is 2.48 bits per heavy atom. The van der Waals surface area contributed by atoms with Gasteiger partial charge in [-0.1, -0.05) is 33.6 Å². The predicted molar refractivity (Wildman–Crippen MR) is 109 cm³/mol. The van der Waals surface area contributed by atoms with Crippen molar-refractivity contribution >= 4 is 39.3 Å². The summed E-state index contributed by atoms with van der Waals surface area (Å²) in [6.45, 7) is 5.19. The van der Waals surface area contributed by atoms with E-state index in [1.807, 2.05) is 32.0 Å². The molecule has 0 aliphatic carbocycles. The Morgan fingerprint density at radius 1 is 1.07 bits per heavy atom. The predicted octanol–water partition coefficient (Wildman–Crippen LogP) is 2.94. The number of hydrogen-bond acceptors (Lipinski definition) is 3. The van der Waals surface area contributed by atoms with Gasteiger partial charge in [-0.3, -0.25) is 14.4 Å². The maximum atomic E-state index is 12.2. The Kier molecular flexibility index (Phi) is 7.12. The summed E-state index contributed by atoms with van der Waals surface area (Å²) in [5.74, 6) is -1.11. The normalized spacial score (nSPS) is 11.4. The van der Waals surface area contributed by atoms with Gasteiger partial charge in [0.05, 0.1) is 6.54 Å². The molecule has 1 unspecified atom stereocenters. The van der Waals surface area contributed by atoms with E-state index in [1.165, 1.54) is 0 Å². The fourth-order valence-electron chi connectivity index (χ4n) is 2.38. The van der Waals surface area contributed by atoms with Crippen LogP contribution in [0.4, 0.5) is 5.69 Å². The third kappa shape index (κ3) is 6.21. The van der Waals surface area contributed by atoms with Gasteiger partial charge in [0.2, 0.25) is 11.8 Å². The minimum atomic E-state index is -0.763. The van der Waals surface area contributed by atoms with E-state index in [2.05, 4.69) is 31.9 Å². The smallest absolute Gasteiger partial charge is 0.251 e. The van der Waals surface area contributed by atoms with Crippen LogP contribution in [0.5, 0.6) is 0 Å². The molecular formula is C20H22BrN3O3. The lowest BCUT2D eigenvalue weighted by molar-refractivity contribution is -0.125. The highest BCUT2D eigenvalue weighted by atomic mass is 79.9. The van der Waals surface area contributed by atoms with Gasteiger partial charge >= 0.3 is 0 Å².